The van der Waals surface area contributed by atoms with E-state index in [-0.39, 0.29) is 73.1 Å². The largest absolute Gasteiger partial charge is 0.507 e. The summed E-state index contributed by atoms with van der Waals surface area (Å²) in [7, 11) is 0. The maximum atomic E-state index is 13.0. The molecule has 5 aliphatic rings. The van der Waals surface area contributed by atoms with Gasteiger partial charge in [-0.05, 0) is 214 Å². The lowest BCUT2D eigenvalue weighted by atomic mass is 9.67. The number of hydrogen-bond donors (Lipinski definition) is 9. The first-order chi connectivity index (χ1) is 53.9. The van der Waals surface area contributed by atoms with Crippen LogP contribution in [0.15, 0.2) is 146 Å². The van der Waals surface area contributed by atoms with Gasteiger partial charge in [-0.25, -0.2) is 0 Å². The summed E-state index contributed by atoms with van der Waals surface area (Å²) >= 11 is 0. The molecule has 5 aliphatic carbocycles. The van der Waals surface area contributed by atoms with Gasteiger partial charge in [-0.3, -0.25) is 0 Å². The summed E-state index contributed by atoms with van der Waals surface area (Å²) < 4.78 is 0. The van der Waals surface area contributed by atoms with Crippen LogP contribution in [0.4, 0.5) is 0 Å². The molecule has 9 nitrogen and oxygen atoms in total. The molecule has 0 aliphatic heterocycles. The third-order valence-corrected chi connectivity index (χ3v) is 30.1. The van der Waals surface area contributed by atoms with Gasteiger partial charge in [0, 0.05) is 98.0 Å². The highest BCUT2D eigenvalue weighted by Crippen LogP contribution is 2.57. The minimum absolute atomic E-state index is 0.151. The van der Waals surface area contributed by atoms with Crippen molar-refractivity contribution in [1.29, 1.82) is 0 Å². The molecule has 114 heavy (non-hydrogen) atoms. The molecule has 0 radical (unpaired) electrons. The summed E-state index contributed by atoms with van der Waals surface area (Å²) in [4.78, 5) is 0. The predicted octanol–water partition coefficient (Wildman–Crippen LogP) is 26.9. The molecule has 0 saturated heterocycles. The Morgan fingerprint density at radius 3 is 0.860 bits per heavy atom. The molecule has 8 aromatic carbocycles. The molecular formula is C105H139NO8. The number of phenolic OH excluding ortho intramolecular Hbond substituents is 8. The van der Waals surface area contributed by atoms with Gasteiger partial charge in [-0.2, -0.15) is 0 Å². The smallest absolute Gasteiger partial charge is 0.123 e. The summed E-state index contributed by atoms with van der Waals surface area (Å²) in [5, 5.41) is 104. The maximum absolute atomic E-state index is 13.0. The second kappa shape index (κ2) is 33.6. The van der Waals surface area contributed by atoms with Crippen molar-refractivity contribution >= 4 is 0 Å². The van der Waals surface area contributed by atoms with Gasteiger partial charge in [-0.15, -0.1) is 0 Å². The molecule has 13 rings (SSSR count). The molecule has 612 valence electrons. The first kappa shape index (κ1) is 84.0. The Morgan fingerprint density at radius 1 is 0.307 bits per heavy atom. The van der Waals surface area contributed by atoms with E-state index in [0.717, 1.165) is 65.3 Å². The van der Waals surface area contributed by atoms with Crippen molar-refractivity contribution in [3.05, 3.63) is 235 Å². The monoisotopic (exact) mass is 1540 g/mol. The Morgan fingerprint density at radius 2 is 0.561 bits per heavy atom. The molecule has 4 fully saturated rings. The predicted molar refractivity (Wildman–Crippen MR) is 468 cm³/mol. The van der Waals surface area contributed by atoms with E-state index in [1.165, 1.54) is 153 Å². The van der Waals surface area contributed by atoms with Gasteiger partial charge in [0.1, 0.15) is 46.0 Å². The average Bonchev–Trinajstić information content (AvgIpc) is 0.818. The third kappa shape index (κ3) is 18.3. The van der Waals surface area contributed by atoms with Crippen molar-refractivity contribution in [2.45, 2.75) is 303 Å². The number of hydrogen-bond acceptors (Lipinski definition) is 9. The van der Waals surface area contributed by atoms with Gasteiger partial charge in [0.05, 0.1) is 0 Å². The highest BCUT2D eigenvalue weighted by Gasteiger charge is 2.41. The van der Waals surface area contributed by atoms with E-state index in [1.54, 1.807) is 12.1 Å². The summed E-state index contributed by atoms with van der Waals surface area (Å²) in [5.74, 6) is -0.985. The fourth-order valence-electron chi connectivity index (χ4n) is 23.2. The summed E-state index contributed by atoms with van der Waals surface area (Å²) in [6, 6.07) is 46.5. The number of fused-ring (bicyclic) bond motifs is 8. The van der Waals surface area contributed by atoms with Gasteiger partial charge in [0.2, 0.25) is 0 Å². The van der Waals surface area contributed by atoms with Crippen molar-refractivity contribution in [3.8, 4) is 46.0 Å². The third-order valence-electron chi connectivity index (χ3n) is 30.1. The van der Waals surface area contributed by atoms with Crippen molar-refractivity contribution in [3.63, 3.8) is 0 Å². The number of phenols is 8. The van der Waals surface area contributed by atoms with Crippen LogP contribution < -0.4 is 5.73 Å². The normalized spacial score (nSPS) is 26.6. The van der Waals surface area contributed by atoms with Crippen molar-refractivity contribution in [2.75, 3.05) is 0 Å². The Balaban J connectivity index is 1.04. The first-order valence-electron chi connectivity index (χ1n) is 44.3. The second-order valence-electron chi connectivity index (χ2n) is 41.3. The topological polar surface area (TPSA) is 188 Å². The van der Waals surface area contributed by atoms with Crippen LogP contribution >= 0.6 is 0 Å². The molecule has 0 spiro atoms. The van der Waals surface area contributed by atoms with E-state index < -0.39 is 29.2 Å². The molecule has 0 heterocycles. The van der Waals surface area contributed by atoms with Gasteiger partial charge in [-0.1, -0.05) is 284 Å². The van der Waals surface area contributed by atoms with E-state index in [2.05, 4.69) is 189 Å². The molecule has 15 unspecified atom stereocenters. The van der Waals surface area contributed by atoms with Gasteiger partial charge < -0.3 is 46.6 Å². The Kier molecular flexibility index (Phi) is 24.8. The second-order valence-corrected chi connectivity index (χ2v) is 41.3. The van der Waals surface area contributed by atoms with Crippen LogP contribution in [0.3, 0.4) is 0 Å². The van der Waals surface area contributed by atoms with Crippen LogP contribution in [0.1, 0.15) is 371 Å². The molecule has 10 N–H and O–H groups in total. The van der Waals surface area contributed by atoms with Crippen molar-refractivity contribution in [1.82, 2.24) is 0 Å². The van der Waals surface area contributed by atoms with E-state index in [9.17, 15) is 40.9 Å². The molecule has 4 saturated carbocycles. The van der Waals surface area contributed by atoms with Crippen LogP contribution in [-0.2, 0) is 21.8 Å². The zero-order valence-electron chi connectivity index (χ0n) is 71.9. The Labute approximate surface area is 684 Å². The SMILES string of the molecule is CC1CCCC(C(C)CC(C)(C)c2ccc(C3c4cc(c(O)cc4O)C(c4ccc(C(C)(C)CC5(C)CCCC(C)CC5)cc4)c4cc(c(O)cc4O)C(c4ccc(C(C)(C)CC5(C)CCCC(C)CC5)cc4)c4cc(c(O)cc4O)C(c4ccc(C(C)(N)CC(C)C5CCCC(C)CC5)cc4)c4cc3c(O)cc4O)cc2)CC1. The summed E-state index contributed by atoms with van der Waals surface area (Å²) in [5.41, 5.74) is 16.3. The van der Waals surface area contributed by atoms with Gasteiger partial charge in [0.25, 0.3) is 0 Å². The standard InChI is InChI=1S/C105H139NO8/c1-64-20-16-24-70(28-26-64)68(5)60-100(7,8)76-38-30-72(31-39-76)96-80-52-82(90(109)56-88(80)107)97(73-32-40-77(41-33-73)101(9,10)62-103(13)48-18-22-66(3)46-50-103)83-53-84(92(111)57-91(83)110)98(74-34-42-78(43-35-74)102(11,12)63-104(14)49-19-23-67(4)47-51-104)85-55-87(95(114)59-93(85)112)99(86-54-81(96)89(108)58-94(86)113)75-36-44-79(45-37-75)105(15,106)61-69(6)71-25-17-21-65(2)27-29-71/h30-45,52-59,64-71,96-99,107-114H,16-29,46-51,60-63,106H2,1-15H3. The molecule has 0 aromatic heterocycles. The Hall–Kier alpha value is -7.88. The number of nitrogens with two attached hydrogens (primary N) is 1. The molecular weight excluding hydrogens is 1400 g/mol. The van der Waals surface area contributed by atoms with E-state index >= 15 is 0 Å². The maximum Gasteiger partial charge on any atom is 0.123 e. The zero-order valence-corrected chi connectivity index (χ0v) is 71.9. The fourth-order valence-corrected chi connectivity index (χ4v) is 23.2. The molecule has 8 aromatic rings. The molecule has 9 heteroatoms. The number of aromatic hydroxyl groups is 8. The van der Waals surface area contributed by atoms with E-state index in [4.69, 9.17) is 5.73 Å². The molecule has 15 atom stereocenters. The highest BCUT2D eigenvalue weighted by molar-refractivity contribution is 5.68. The Bertz CT molecular complexity index is 4360. The van der Waals surface area contributed by atoms with Gasteiger partial charge >= 0.3 is 0 Å². The van der Waals surface area contributed by atoms with Gasteiger partial charge in [0.15, 0.2) is 0 Å². The summed E-state index contributed by atoms with van der Waals surface area (Å²) in [6.07, 6.45) is 28.1. The lowest BCUT2D eigenvalue weighted by molar-refractivity contribution is 0.197. The molecule has 0 amide bonds. The zero-order chi connectivity index (χ0) is 81.7. The van der Waals surface area contributed by atoms with Crippen LogP contribution in [0.25, 0.3) is 0 Å². The number of benzene rings is 8. The van der Waals surface area contributed by atoms with E-state index in [1.807, 2.05) is 24.3 Å². The molecule has 8 bridgehead atoms. The quantitative estimate of drug-likeness (QED) is 0.0377. The van der Waals surface area contributed by atoms with Crippen LogP contribution in [0.2, 0.25) is 0 Å². The van der Waals surface area contributed by atoms with Crippen LogP contribution in [-0.4, -0.2) is 40.9 Å². The summed E-state index contributed by atoms with van der Waals surface area (Å²) in [6.45, 7) is 35.4. The number of rotatable bonds is 18. The minimum Gasteiger partial charge on any atom is -0.507 e. The minimum atomic E-state index is -1.01. The lowest BCUT2D eigenvalue weighted by Crippen LogP contribution is -2.36. The fraction of sp³-hybridized carbons (Fsp3) is 0.543. The van der Waals surface area contributed by atoms with Crippen LogP contribution in [0, 0.1) is 58.2 Å². The van der Waals surface area contributed by atoms with Crippen molar-refractivity contribution in [2.24, 2.45) is 63.9 Å². The van der Waals surface area contributed by atoms with E-state index in [0.29, 0.717) is 96.7 Å². The first-order valence-corrected chi connectivity index (χ1v) is 44.3. The van der Waals surface area contributed by atoms with Crippen molar-refractivity contribution < 1.29 is 40.9 Å². The highest BCUT2D eigenvalue weighted by atomic mass is 16.3. The average molecular weight is 1540 g/mol. The lowest BCUT2D eigenvalue weighted by Gasteiger charge is -2.38. The van der Waals surface area contributed by atoms with Crippen LogP contribution in [0.5, 0.6) is 46.0 Å².